The lowest BCUT2D eigenvalue weighted by atomic mass is 9.89. The van der Waals surface area contributed by atoms with Crippen molar-refractivity contribution in [2.24, 2.45) is 5.92 Å². The summed E-state index contributed by atoms with van der Waals surface area (Å²) in [5.41, 5.74) is 1.46. The van der Waals surface area contributed by atoms with E-state index in [4.69, 9.17) is 21.6 Å². The van der Waals surface area contributed by atoms with Crippen molar-refractivity contribution < 1.29 is 9.32 Å². The van der Waals surface area contributed by atoms with Gasteiger partial charge in [-0.25, -0.2) is 4.98 Å². The molecule has 2 aliphatic heterocycles. The maximum atomic E-state index is 12.6. The monoisotopic (exact) mass is 463 g/mol. The summed E-state index contributed by atoms with van der Waals surface area (Å²) in [6.45, 7) is 9.35. The fraction of sp³-hybridized carbons (Fsp3) is 0.545. The summed E-state index contributed by atoms with van der Waals surface area (Å²) in [5.74, 6) is 2.01. The van der Waals surface area contributed by atoms with E-state index in [1.165, 1.54) is 0 Å². The number of piperazine rings is 1. The van der Waals surface area contributed by atoms with E-state index in [1.807, 2.05) is 31.2 Å². The van der Waals surface area contributed by atoms with Gasteiger partial charge in [-0.2, -0.15) is 4.98 Å². The molecule has 2 N–H and O–H groups in total. The smallest absolute Gasteiger partial charge is 0.227 e. The van der Waals surface area contributed by atoms with E-state index in [0.29, 0.717) is 28.8 Å². The van der Waals surface area contributed by atoms with E-state index in [0.717, 1.165) is 42.6 Å². The second-order valence-electron chi connectivity index (χ2n) is 8.75. The summed E-state index contributed by atoms with van der Waals surface area (Å²) in [4.78, 5) is 14.8. The molecule has 9 heteroatoms. The predicted octanol–water partition coefficient (Wildman–Crippen LogP) is 2.94. The summed E-state index contributed by atoms with van der Waals surface area (Å²) in [7, 11) is -1.11. The van der Waals surface area contributed by atoms with Crippen molar-refractivity contribution in [1.29, 1.82) is 0 Å². The van der Waals surface area contributed by atoms with Crippen LogP contribution < -0.4 is 15.1 Å². The number of anilines is 3. The first kappa shape index (κ1) is 22.3. The molecule has 1 unspecified atom stereocenters. The second kappa shape index (κ2) is 8.92. The van der Waals surface area contributed by atoms with Crippen LogP contribution in [0.15, 0.2) is 29.2 Å². The van der Waals surface area contributed by atoms with Crippen LogP contribution in [0.4, 0.5) is 17.5 Å². The fourth-order valence-electron chi connectivity index (χ4n) is 3.86. The minimum Gasteiger partial charge on any atom is -0.394 e. The molecule has 1 aromatic heterocycles. The molecular weight excluding hydrogens is 434 g/mol. The number of rotatable bonds is 6. The maximum Gasteiger partial charge on any atom is 0.227 e. The fourth-order valence-corrected chi connectivity index (χ4v) is 5.30. The minimum atomic E-state index is -1.11. The van der Waals surface area contributed by atoms with Gasteiger partial charge in [-0.05, 0) is 37.1 Å². The first-order chi connectivity index (χ1) is 14.8. The molecule has 2 aromatic rings. The van der Waals surface area contributed by atoms with Crippen LogP contribution in [0.5, 0.6) is 0 Å². The molecule has 0 bridgehead atoms. The van der Waals surface area contributed by atoms with E-state index in [9.17, 15) is 9.32 Å². The molecular formula is C22H30ClN5O2S. The topological polar surface area (TPSA) is 81.6 Å². The first-order valence-corrected chi connectivity index (χ1v) is 12.4. The van der Waals surface area contributed by atoms with Gasteiger partial charge in [0, 0.05) is 49.1 Å². The summed E-state index contributed by atoms with van der Waals surface area (Å²) in [6.07, 6.45) is 0.689. The van der Waals surface area contributed by atoms with Crippen molar-refractivity contribution in [1.82, 2.24) is 9.97 Å². The number of benzene rings is 1. The van der Waals surface area contributed by atoms with Crippen molar-refractivity contribution in [3.8, 4) is 0 Å². The molecule has 1 aromatic carbocycles. The Bertz CT molecular complexity index is 963. The lowest BCUT2D eigenvalue weighted by Crippen LogP contribution is -2.47. The molecule has 2 atom stereocenters. The third-order valence-corrected chi connectivity index (χ3v) is 8.15. The second-order valence-corrected chi connectivity index (χ2v) is 10.7. The van der Waals surface area contributed by atoms with Crippen LogP contribution in [0.2, 0.25) is 5.02 Å². The molecule has 0 saturated carbocycles. The Morgan fingerprint density at radius 1 is 1.16 bits per heavy atom. The van der Waals surface area contributed by atoms with Crippen molar-refractivity contribution in [3.05, 3.63) is 35.0 Å². The number of halogens is 1. The van der Waals surface area contributed by atoms with E-state index in [1.54, 1.807) is 0 Å². The average Bonchev–Trinajstić information content (AvgIpc) is 3.15. The van der Waals surface area contributed by atoms with Gasteiger partial charge in [0.2, 0.25) is 5.95 Å². The Labute approximate surface area is 191 Å². The highest BCUT2D eigenvalue weighted by atomic mass is 35.5. The van der Waals surface area contributed by atoms with Gasteiger partial charge in [-0.3, -0.25) is 4.21 Å². The molecule has 0 radical (unpaired) electrons. The van der Waals surface area contributed by atoms with E-state index >= 15 is 0 Å². The number of hydrogen-bond acceptors (Lipinski definition) is 7. The Balaban J connectivity index is 1.57. The zero-order valence-electron chi connectivity index (χ0n) is 18.3. The summed E-state index contributed by atoms with van der Waals surface area (Å²) in [6, 6.07) is 7.92. The molecule has 0 amide bonds. The lowest BCUT2D eigenvalue weighted by molar-refractivity contribution is 0.185. The molecule has 168 valence electrons. The number of nitrogens with zero attached hydrogens (tertiary/aromatic N) is 4. The van der Waals surface area contributed by atoms with Gasteiger partial charge >= 0.3 is 0 Å². The zero-order valence-corrected chi connectivity index (χ0v) is 19.8. The number of fused-ring (bicyclic) bond motifs is 1. The molecule has 1 saturated heterocycles. The van der Waals surface area contributed by atoms with Gasteiger partial charge in [0.05, 0.1) is 28.6 Å². The predicted molar refractivity (Wildman–Crippen MR) is 127 cm³/mol. The first-order valence-electron chi connectivity index (χ1n) is 10.7. The Morgan fingerprint density at radius 3 is 2.42 bits per heavy atom. The summed E-state index contributed by atoms with van der Waals surface area (Å²) >= 11 is 6.01. The van der Waals surface area contributed by atoms with Crippen LogP contribution in [0, 0.1) is 5.92 Å². The van der Waals surface area contributed by atoms with Crippen LogP contribution in [0.1, 0.15) is 26.5 Å². The molecule has 0 spiro atoms. The molecule has 0 aliphatic carbocycles. The highest BCUT2D eigenvalue weighted by Gasteiger charge is 2.33. The SMILES string of the molecule is CC(C)C(C)(CO)Nc1nc(N2CCN(c3ccc(Cl)cc3)CC2)nc2c1[S@](=O)CC2. The Morgan fingerprint density at radius 2 is 1.81 bits per heavy atom. The highest BCUT2D eigenvalue weighted by molar-refractivity contribution is 7.85. The Hall–Kier alpha value is -1.90. The van der Waals surface area contributed by atoms with Crippen LogP contribution in [0.25, 0.3) is 0 Å². The molecule has 4 rings (SSSR count). The van der Waals surface area contributed by atoms with Crippen LogP contribution in [0.3, 0.4) is 0 Å². The van der Waals surface area contributed by atoms with Crippen molar-refractivity contribution in [2.45, 2.75) is 37.6 Å². The molecule has 31 heavy (non-hydrogen) atoms. The number of aromatic nitrogens is 2. The largest absolute Gasteiger partial charge is 0.394 e. The summed E-state index contributed by atoms with van der Waals surface area (Å²) < 4.78 is 12.6. The van der Waals surface area contributed by atoms with Crippen LogP contribution >= 0.6 is 11.6 Å². The molecule has 3 heterocycles. The maximum absolute atomic E-state index is 12.6. The minimum absolute atomic E-state index is 0.0365. The number of hydrogen-bond donors (Lipinski definition) is 2. The van der Waals surface area contributed by atoms with Gasteiger partial charge in [0.15, 0.2) is 0 Å². The van der Waals surface area contributed by atoms with Crippen molar-refractivity contribution >= 4 is 39.9 Å². The van der Waals surface area contributed by atoms with Gasteiger partial charge in [0.25, 0.3) is 0 Å². The number of aliphatic hydroxyl groups is 1. The zero-order chi connectivity index (χ0) is 22.2. The molecule has 7 nitrogen and oxygen atoms in total. The van der Waals surface area contributed by atoms with Crippen molar-refractivity contribution in [2.75, 3.05) is 53.7 Å². The molecule has 2 aliphatic rings. The normalized spacial score (nSPS) is 20.6. The number of aliphatic hydroxyl groups excluding tert-OH is 1. The lowest BCUT2D eigenvalue weighted by Gasteiger charge is -2.37. The summed E-state index contributed by atoms with van der Waals surface area (Å²) in [5, 5.41) is 14.1. The van der Waals surface area contributed by atoms with Gasteiger partial charge < -0.3 is 20.2 Å². The van der Waals surface area contributed by atoms with E-state index < -0.39 is 16.3 Å². The third kappa shape index (κ3) is 4.52. The number of aryl methyl sites for hydroxylation is 1. The third-order valence-electron chi connectivity index (χ3n) is 6.44. The Kier molecular flexibility index (Phi) is 6.42. The standard InChI is InChI=1S/C22H30ClN5O2S/c1-15(2)22(3,14-29)26-20-19-18(8-13-31(19)30)24-21(25-20)28-11-9-27(10-12-28)17-6-4-16(23)5-7-17/h4-7,15,29H,8-14H2,1-3H3,(H,24,25,26)/t22?,31-/m1/s1. The van der Waals surface area contributed by atoms with Gasteiger partial charge in [-0.1, -0.05) is 25.4 Å². The average molecular weight is 464 g/mol. The van der Waals surface area contributed by atoms with E-state index in [-0.39, 0.29) is 12.5 Å². The van der Waals surface area contributed by atoms with Crippen LogP contribution in [-0.2, 0) is 17.2 Å². The van der Waals surface area contributed by atoms with E-state index in [2.05, 4.69) is 29.0 Å². The quantitative estimate of drug-likeness (QED) is 0.681. The highest BCUT2D eigenvalue weighted by Crippen LogP contribution is 2.33. The van der Waals surface area contributed by atoms with Gasteiger partial charge in [0.1, 0.15) is 10.7 Å². The van der Waals surface area contributed by atoms with Gasteiger partial charge in [-0.15, -0.1) is 0 Å². The molecule has 1 fully saturated rings. The van der Waals surface area contributed by atoms with Crippen LogP contribution in [-0.4, -0.2) is 63.4 Å². The van der Waals surface area contributed by atoms with Crippen molar-refractivity contribution in [3.63, 3.8) is 0 Å². The number of nitrogens with one attached hydrogen (secondary N) is 1.